The molecule has 1 atom stereocenters. The van der Waals surface area contributed by atoms with E-state index in [0.717, 1.165) is 32.1 Å². The fraction of sp³-hybridized carbons (Fsp3) is 0.889. The summed E-state index contributed by atoms with van der Waals surface area (Å²) in [5.74, 6) is -1.94. The highest BCUT2D eigenvalue weighted by Gasteiger charge is 2.49. The van der Waals surface area contributed by atoms with Crippen molar-refractivity contribution in [1.29, 1.82) is 0 Å². The quantitative estimate of drug-likeness (QED) is 0.193. The molecule has 0 radical (unpaired) electrons. The monoisotopic (exact) mass is 376 g/mol. The van der Waals surface area contributed by atoms with Crippen LogP contribution in [0.5, 0.6) is 0 Å². The molecule has 0 aliphatic heterocycles. The SMILES string of the molecule is CCCCOC(OCCCC)C(=O)C(CC)(OCCCC)C(=O)O.[AlH3]. The minimum Gasteiger partial charge on any atom is -0.479 e. The van der Waals surface area contributed by atoms with Gasteiger partial charge in [0.1, 0.15) is 0 Å². The van der Waals surface area contributed by atoms with Crippen LogP contribution in [0.4, 0.5) is 0 Å². The Morgan fingerprint density at radius 1 is 0.880 bits per heavy atom. The smallest absolute Gasteiger partial charge is 0.344 e. The molecule has 25 heavy (non-hydrogen) atoms. The number of ketones is 1. The molecule has 1 unspecified atom stereocenters. The highest BCUT2D eigenvalue weighted by atomic mass is 27.0. The number of aliphatic carboxylic acids is 1. The summed E-state index contributed by atoms with van der Waals surface area (Å²) in [5, 5.41) is 9.63. The molecule has 0 aliphatic carbocycles. The van der Waals surface area contributed by atoms with Gasteiger partial charge in [-0.1, -0.05) is 47.0 Å². The standard InChI is InChI=1S/C18H34O6.Al.3H/c1-5-9-12-22-16(23-13-10-6-2)15(19)18(8-4,17(20)21)24-14-11-7-3;;;;/h16H,5-14H2,1-4H3,(H,20,21);;;;. The van der Waals surface area contributed by atoms with Gasteiger partial charge in [0, 0.05) is 6.61 Å². The van der Waals surface area contributed by atoms with Crippen LogP contribution in [0, 0.1) is 0 Å². The number of hydrogen-bond donors (Lipinski definition) is 1. The maximum Gasteiger partial charge on any atom is 0.344 e. The number of carbonyl (C=O) groups is 2. The van der Waals surface area contributed by atoms with E-state index < -0.39 is 23.6 Å². The van der Waals surface area contributed by atoms with Crippen LogP contribution in [0.15, 0.2) is 0 Å². The minimum absolute atomic E-state index is 0. The number of carbonyl (C=O) groups excluding carboxylic acids is 1. The van der Waals surface area contributed by atoms with Gasteiger partial charge >= 0.3 is 5.97 Å². The first-order chi connectivity index (χ1) is 11.5. The Bertz CT molecular complexity index is 353. The molecule has 7 heteroatoms. The van der Waals surface area contributed by atoms with Gasteiger partial charge < -0.3 is 19.3 Å². The van der Waals surface area contributed by atoms with Crippen molar-refractivity contribution in [3.8, 4) is 0 Å². The van der Waals surface area contributed by atoms with Crippen molar-refractivity contribution in [2.75, 3.05) is 19.8 Å². The maximum absolute atomic E-state index is 12.9. The van der Waals surface area contributed by atoms with Gasteiger partial charge in [0.15, 0.2) is 17.4 Å². The van der Waals surface area contributed by atoms with E-state index in [1.165, 1.54) is 0 Å². The van der Waals surface area contributed by atoms with Crippen LogP contribution >= 0.6 is 0 Å². The van der Waals surface area contributed by atoms with E-state index in [1.54, 1.807) is 6.92 Å². The summed E-state index contributed by atoms with van der Waals surface area (Å²) in [5.41, 5.74) is -1.90. The topological polar surface area (TPSA) is 82.1 Å². The van der Waals surface area contributed by atoms with Crippen molar-refractivity contribution < 1.29 is 28.9 Å². The molecule has 0 rings (SSSR count). The first-order valence-electron chi connectivity index (χ1n) is 9.14. The molecule has 0 saturated carbocycles. The fourth-order valence-corrected chi connectivity index (χ4v) is 2.12. The largest absolute Gasteiger partial charge is 0.479 e. The summed E-state index contributed by atoms with van der Waals surface area (Å²) >= 11 is 0. The molecule has 1 N–H and O–H groups in total. The Labute approximate surface area is 162 Å². The lowest BCUT2D eigenvalue weighted by molar-refractivity contribution is -0.200. The molecule has 0 amide bonds. The second-order valence-corrected chi connectivity index (χ2v) is 5.83. The third kappa shape index (κ3) is 9.16. The predicted octanol–water partition coefficient (Wildman–Crippen LogP) is 2.38. The second kappa shape index (κ2) is 15.8. The Morgan fingerprint density at radius 2 is 1.32 bits per heavy atom. The molecule has 0 aliphatic rings. The van der Waals surface area contributed by atoms with Gasteiger partial charge in [0.2, 0.25) is 17.7 Å². The molecule has 0 heterocycles. The fourth-order valence-electron chi connectivity index (χ4n) is 2.12. The third-order valence-corrected chi connectivity index (χ3v) is 3.84. The minimum atomic E-state index is -1.90. The number of rotatable bonds is 16. The van der Waals surface area contributed by atoms with Gasteiger partial charge in [-0.3, -0.25) is 4.79 Å². The third-order valence-electron chi connectivity index (χ3n) is 3.84. The molecule has 0 spiro atoms. The molecule has 0 saturated heterocycles. The van der Waals surface area contributed by atoms with E-state index >= 15 is 0 Å². The average molecular weight is 376 g/mol. The predicted molar refractivity (Wildman–Crippen MR) is 102 cm³/mol. The van der Waals surface area contributed by atoms with Crippen molar-refractivity contribution in [2.45, 2.75) is 84.5 Å². The van der Waals surface area contributed by atoms with E-state index in [4.69, 9.17) is 14.2 Å². The second-order valence-electron chi connectivity index (χ2n) is 5.83. The summed E-state index contributed by atoms with van der Waals surface area (Å²) in [6.45, 7) is 8.57. The lowest BCUT2D eigenvalue weighted by Crippen LogP contribution is -2.54. The van der Waals surface area contributed by atoms with Crippen LogP contribution in [0.25, 0.3) is 0 Å². The number of carboxylic acids is 1. The normalized spacial score (nSPS) is 13.3. The van der Waals surface area contributed by atoms with Crippen molar-refractivity contribution in [2.24, 2.45) is 0 Å². The summed E-state index contributed by atoms with van der Waals surface area (Å²) in [6, 6.07) is 0. The Balaban J connectivity index is 0. The Hall–Kier alpha value is -0.448. The molecule has 0 bridgehead atoms. The van der Waals surface area contributed by atoms with Gasteiger partial charge in [0.25, 0.3) is 0 Å². The van der Waals surface area contributed by atoms with E-state index in [2.05, 4.69) is 0 Å². The molecule has 0 fully saturated rings. The highest BCUT2D eigenvalue weighted by Crippen LogP contribution is 2.23. The van der Waals surface area contributed by atoms with E-state index in [-0.39, 0.29) is 30.4 Å². The van der Waals surface area contributed by atoms with E-state index in [0.29, 0.717) is 19.6 Å². The van der Waals surface area contributed by atoms with Crippen LogP contribution in [0.3, 0.4) is 0 Å². The maximum atomic E-state index is 12.9. The van der Waals surface area contributed by atoms with E-state index in [9.17, 15) is 14.7 Å². The van der Waals surface area contributed by atoms with Crippen molar-refractivity contribution in [3.05, 3.63) is 0 Å². The zero-order chi connectivity index (χ0) is 18.4. The molecular formula is C18H37AlO6. The van der Waals surface area contributed by atoms with Crippen molar-refractivity contribution in [1.82, 2.24) is 0 Å². The number of Topliss-reactive ketones (excluding diaryl/α,β-unsaturated/α-hetero) is 1. The van der Waals surface area contributed by atoms with Crippen LogP contribution in [0.1, 0.15) is 72.6 Å². The van der Waals surface area contributed by atoms with Crippen LogP contribution in [-0.4, -0.2) is 65.9 Å². The summed E-state index contributed by atoms with van der Waals surface area (Å²) in [6.07, 6.45) is 3.79. The highest BCUT2D eigenvalue weighted by molar-refractivity contribution is 6.08. The lowest BCUT2D eigenvalue weighted by Gasteiger charge is -2.30. The Kier molecular flexibility index (Phi) is 16.9. The number of carboxylic acid groups (broad SMARTS) is 1. The molecule has 0 aromatic heterocycles. The molecule has 0 aromatic rings. The van der Waals surface area contributed by atoms with Gasteiger partial charge in [-0.15, -0.1) is 0 Å². The Morgan fingerprint density at radius 3 is 1.68 bits per heavy atom. The molecule has 6 nitrogen and oxygen atoms in total. The van der Waals surface area contributed by atoms with E-state index in [1.807, 2.05) is 20.8 Å². The first-order valence-corrected chi connectivity index (χ1v) is 9.14. The zero-order valence-corrected chi connectivity index (χ0v) is 15.6. The number of ether oxygens (including phenoxy) is 3. The van der Waals surface area contributed by atoms with Gasteiger partial charge in [-0.2, -0.15) is 0 Å². The number of unbranched alkanes of at least 4 members (excludes halogenated alkanes) is 3. The van der Waals surface area contributed by atoms with Crippen LogP contribution in [-0.2, 0) is 23.8 Å². The van der Waals surface area contributed by atoms with Gasteiger partial charge in [-0.25, -0.2) is 4.79 Å². The first kappa shape index (κ1) is 26.8. The zero-order valence-electron chi connectivity index (χ0n) is 15.6. The lowest BCUT2D eigenvalue weighted by atomic mass is 9.94. The molecular weight excluding hydrogens is 339 g/mol. The average Bonchev–Trinajstić information content (AvgIpc) is 2.57. The van der Waals surface area contributed by atoms with Crippen molar-refractivity contribution in [3.63, 3.8) is 0 Å². The van der Waals surface area contributed by atoms with Crippen LogP contribution in [0.2, 0.25) is 0 Å². The molecule has 148 valence electrons. The summed E-state index contributed by atoms with van der Waals surface area (Å²) < 4.78 is 16.6. The summed E-state index contributed by atoms with van der Waals surface area (Å²) in [4.78, 5) is 24.7. The van der Waals surface area contributed by atoms with Crippen molar-refractivity contribution >= 4 is 29.1 Å². The van der Waals surface area contributed by atoms with Crippen LogP contribution < -0.4 is 0 Å². The van der Waals surface area contributed by atoms with Gasteiger partial charge in [-0.05, 0) is 25.7 Å². The summed E-state index contributed by atoms with van der Waals surface area (Å²) in [7, 11) is 0. The number of hydrogen-bond acceptors (Lipinski definition) is 5. The molecule has 0 aromatic carbocycles. The van der Waals surface area contributed by atoms with Gasteiger partial charge in [0.05, 0.1) is 13.2 Å².